The molecule has 57 heavy (non-hydrogen) atoms. The van der Waals surface area contributed by atoms with Crippen LogP contribution in [0.1, 0.15) is 67.2 Å². The van der Waals surface area contributed by atoms with Crippen LogP contribution in [0.2, 0.25) is 0 Å². The van der Waals surface area contributed by atoms with Crippen LogP contribution in [0.4, 0.5) is 4.79 Å². The van der Waals surface area contributed by atoms with Crippen molar-refractivity contribution in [2.24, 2.45) is 16.7 Å². The molecule has 0 spiro atoms. The number of benzene rings is 2. The zero-order valence-corrected chi connectivity index (χ0v) is 34.4. The first-order chi connectivity index (χ1) is 26.7. The second-order valence-corrected chi connectivity index (χ2v) is 19.5. The van der Waals surface area contributed by atoms with Crippen LogP contribution in [-0.4, -0.2) is 91.4 Å². The maximum absolute atomic E-state index is 14.7. The maximum Gasteiger partial charge on any atom is 0.407 e. The van der Waals surface area contributed by atoms with E-state index in [2.05, 4.69) is 21.9 Å². The van der Waals surface area contributed by atoms with E-state index in [0.29, 0.717) is 40.9 Å². The third-order valence-corrected chi connectivity index (χ3v) is 12.3. The number of hydrogen-bond donors (Lipinski definition) is 3. The van der Waals surface area contributed by atoms with Crippen molar-refractivity contribution in [3.8, 4) is 22.8 Å². The monoisotopic (exact) mass is 803 g/mol. The van der Waals surface area contributed by atoms with Crippen molar-refractivity contribution in [1.82, 2.24) is 25.2 Å². The Labute approximate surface area is 334 Å². The molecule has 1 saturated heterocycles. The van der Waals surface area contributed by atoms with E-state index in [4.69, 9.17) is 19.2 Å². The molecule has 2 heterocycles. The Morgan fingerprint density at radius 2 is 1.74 bits per heavy atom. The molecule has 15 heteroatoms. The van der Waals surface area contributed by atoms with Crippen LogP contribution < -0.4 is 24.8 Å². The number of fused-ring (bicyclic) bond motifs is 1. The summed E-state index contributed by atoms with van der Waals surface area (Å²) in [6.45, 7) is 15.0. The normalized spacial score (nSPS) is 22.6. The number of alkyl carbamates (subject to hydrolysis) is 1. The zero-order valence-electron chi connectivity index (χ0n) is 33.6. The highest BCUT2D eigenvalue weighted by Gasteiger charge is 2.62. The molecule has 1 aliphatic heterocycles. The van der Waals surface area contributed by atoms with E-state index in [1.54, 1.807) is 40.0 Å². The molecule has 3 N–H and O–H groups in total. The van der Waals surface area contributed by atoms with Crippen LogP contribution in [0.25, 0.3) is 22.2 Å². The van der Waals surface area contributed by atoms with Gasteiger partial charge in [0.25, 0.3) is 5.91 Å². The van der Waals surface area contributed by atoms with Gasteiger partial charge >= 0.3 is 6.09 Å². The third kappa shape index (κ3) is 9.35. The minimum absolute atomic E-state index is 0.0143. The van der Waals surface area contributed by atoms with E-state index >= 15 is 0 Å². The van der Waals surface area contributed by atoms with Gasteiger partial charge in [-0.05, 0) is 42.2 Å². The maximum atomic E-state index is 14.7. The van der Waals surface area contributed by atoms with Crippen LogP contribution >= 0.6 is 0 Å². The van der Waals surface area contributed by atoms with Gasteiger partial charge < -0.3 is 29.7 Å². The lowest BCUT2D eigenvalue weighted by Crippen LogP contribution is -2.60. The first-order valence-corrected chi connectivity index (χ1v) is 20.7. The Balaban J connectivity index is 1.33. The molecule has 1 unspecified atom stereocenters. The van der Waals surface area contributed by atoms with E-state index in [1.807, 2.05) is 63.2 Å². The summed E-state index contributed by atoms with van der Waals surface area (Å²) in [6, 6.07) is 14.5. The first kappa shape index (κ1) is 41.5. The number of amides is 4. The lowest BCUT2D eigenvalue weighted by Gasteiger charge is -2.35. The zero-order chi connectivity index (χ0) is 41.5. The largest absolute Gasteiger partial charge is 0.497 e. The quantitative estimate of drug-likeness (QED) is 0.196. The number of carbonyl (C=O) groups excluding carboxylic acids is 4. The summed E-state index contributed by atoms with van der Waals surface area (Å²) in [5.41, 5.74) is -0.636. The lowest BCUT2D eigenvalue weighted by atomic mass is 9.85. The summed E-state index contributed by atoms with van der Waals surface area (Å²) >= 11 is 0. The van der Waals surface area contributed by atoms with E-state index < -0.39 is 74.1 Å². The second kappa shape index (κ2) is 15.6. The number of nitrogens with zero attached hydrogens (tertiary/aromatic N) is 2. The average Bonchev–Trinajstić information content (AvgIpc) is 4.08. The fourth-order valence-corrected chi connectivity index (χ4v) is 8.35. The number of rotatable bonds is 13. The summed E-state index contributed by atoms with van der Waals surface area (Å²) in [4.78, 5) is 62.1. The van der Waals surface area contributed by atoms with Crippen molar-refractivity contribution in [3.63, 3.8) is 0 Å². The molecule has 306 valence electrons. The highest BCUT2D eigenvalue weighted by molar-refractivity contribution is 7.91. The summed E-state index contributed by atoms with van der Waals surface area (Å²) in [5, 5.41) is 5.58. The van der Waals surface area contributed by atoms with Crippen molar-refractivity contribution in [3.05, 3.63) is 67.3 Å². The predicted molar refractivity (Wildman–Crippen MR) is 215 cm³/mol. The standard InChI is InChI=1S/C42H53N5O9S/c1-9-26-22-42(26,38(50)46-57(52,53)29-16-17-29)45-36(48)33-20-28(23-47(33)37(49)35(41(5,6)7)44-39(51)55-24-40(2,3)4)56-34-21-31(25-13-11-10-12-14-25)43-32-19-27(54-8)15-18-30(32)34/h9-15,18-19,21,26,28-29,33,35H,1,16-17,20,22-24H2,2-8H3,(H,44,51)(H,45,48)(H,46,50)/t26-,28-,33?,35-,42-/m1/s1. The molecule has 3 fully saturated rings. The number of carbonyl (C=O) groups is 4. The van der Waals surface area contributed by atoms with Crippen LogP contribution in [0.3, 0.4) is 0 Å². The molecule has 0 bridgehead atoms. The molecular formula is C42H53N5O9S. The molecule has 5 atom stereocenters. The molecule has 2 saturated carbocycles. The van der Waals surface area contributed by atoms with Gasteiger partial charge in [-0.25, -0.2) is 18.2 Å². The van der Waals surface area contributed by atoms with Crippen LogP contribution in [0.5, 0.6) is 11.5 Å². The van der Waals surface area contributed by atoms with Gasteiger partial charge in [0.15, 0.2) is 0 Å². The summed E-state index contributed by atoms with van der Waals surface area (Å²) in [5.74, 6) is -1.54. The second-order valence-electron chi connectivity index (χ2n) is 17.5. The average molecular weight is 804 g/mol. The number of hydrogen-bond acceptors (Lipinski definition) is 10. The molecule has 2 aromatic carbocycles. The number of sulfonamides is 1. The van der Waals surface area contributed by atoms with Crippen molar-refractivity contribution in [2.45, 2.75) is 96.2 Å². The molecule has 4 amide bonds. The minimum atomic E-state index is -3.92. The SMILES string of the molecule is C=C[C@@H]1C[C@]1(NC(=O)C1C[C@@H](Oc2cc(-c3ccccc3)nc3cc(OC)ccc23)CN1C(=O)[C@@H](NC(=O)OCC(C)(C)C)C(C)(C)C)C(=O)NS(=O)(=O)C1CC1. The molecule has 1 aromatic heterocycles. The van der Waals surface area contributed by atoms with Crippen molar-refractivity contribution >= 4 is 44.7 Å². The van der Waals surface area contributed by atoms with Gasteiger partial charge in [0, 0.05) is 35.4 Å². The van der Waals surface area contributed by atoms with Crippen molar-refractivity contribution in [2.75, 3.05) is 20.3 Å². The number of nitrogens with one attached hydrogen (secondary N) is 3. The lowest BCUT2D eigenvalue weighted by molar-refractivity contribution is -0.142. The van der Waals surface area contributed by atoms with E-state index in [0.717, 1.165) is 5.56 Å². The predicted octanol–water partition coefficient (Wildman–Crippen LogP) is 5.12. The van der Waals surface area contributed by atoms with Gasteiger partial charge in [0.2, 0.25) is 21.8 Å². The Hall–Kier alpha value is -5.18. The Kier molecular flexibility index (Phi) is 11.4. The summed E-state index contributed by atoms with van der Waals surface area (Å²) < 4.78 is 45.4. The van der Waals surface area contributed by atoms with Gasteiger partial charge in [-0.2, -0.15) is 0 Å². The topological polar surface area (TPSA) is 182 Å². The third-order valence-electron chi connectivity index (χ3n) is 10.5. The van der Waals surface area contributed by atoms with E-state index in [9.17, 15) is 27.6 Å². The molecule has 6 rings (SSSR count). The molecule has 3 aromatic rings. The van der Waals surface area contributed by atoms with Gasteiger partial charge in [-0.3, -0.25) is 19.1 Å². The van der Waals surface area contributed by atoms with Gasteiger partial charge in [-0.1, -0.05) is 78.0 Å². The van der Waals surface area contributed by atoms with E-state index in [1.165, 1.54) is 11.0 Å². The number of methoxy groups -OCH3 is 1. The van der Waals surface area contributed by atoms with Crippen LogP contribution in [0.15, 0.2) is 67.3 Å². The highest BCUT2D eigenvalue weighted by Crippen LogP contribution is 2.46. The summed E-state index contributed by atoms with van der Waals surface area (Å²) in [7, 11) is -2.35. The molecule has 14 nitrogen and oxygen atoms in total. The fourth-order valence-electron chi connectivity index (χ4n) is 6.99. The Morgan fingerprint density at radius 3 is 2.33 bits per heavy atom. The smallest absolute Gasteiger partial charge is 0.407 e. The van der Waals surface area contributed by atoms with Crippen molar-refractivity contribution in [1.29, 1.82) is 0 Å². The van der Waals surface area contributed by atoms with Gasteiger partial charge in [-0.15, -0.1) is 6.58 Å². The molecule has 2 aliphatic carbocycles. The molecule has 3 aliphatic rings. The number of aromatic nitrogens is 1. The minimum Gasteiger partial charge on any atom is -0.497 e. The highest BCUT2D eigenvalue weighted by atomic mass is 32.2. The first-order valence-electron chi connectivity index (χ1n) is 19.2. The van der Waals surface area contributed by atoms with Crippen LogP contribution in [-0.2, 0) is 29.1 Å². The molecular weight excluding hydrogens is 751 g/mol. The number of pyridine rings is 1. The van der Waals surface area contributed by atoms with Gasteiger partial charge in [0.05, 0.1) is 36.7 Å². The van der Waals surface area contributed by atoms with Crippen molar-refractivity contribution < 1.29 is 41.8 Å². The Bertz CT molecular complexity index is 2160. The molecule has 0 radical (unpaired) electrons. The number of ether oxygens (including phenoxy) is 3. The fraction of sp³-hybridized carbons (Fsp3) is 0.500. The van der Waals surface area contributed by atoms with Crippen LogP contribution in [0, 0.1) is 16.7 Å². The summed E-state index contributed by atoms with van der Waals surface area (Å²) in [6.07, 6.45) is 1.04. The Morgan fingerprint density at radius 1 is 1.04 bits per heavy atom. The van der Waals surface area contributed by atoms with E-state index in [-0.39, 0.29) is 31.4 Å². The number of likely N-dealkylation sites (tertiary alicyclic amines) is 1. The van der Waals surface area contributed by atoms with Gasteiger partial charge in [0.1, 0.15) is 35.2 Å².